The predicted molar refractivity (Wildman–Crippen MR) is 64.6 cm³/mol. The Hall–Kier alpha value is -0.810. The molecule has 0 heterocycles. The van der Waals surface area contributed by atoms with Crippen molar-refractivity contribution in [3.63, 3.8) is 0 Å². The second-order valence-corrected chi connectivity index (χ2v) is 6.58. The van der Waals surface area contributed by atoms with Gasteiger partial charge in [-0.3, -0.25) is 4.79 Å². The van der Waals surface area contributed by atoms with Crippen molar-refractivity contribution >= 4 is 5.97 Å². The molecule has 2 fully saturated rings. The minimum Gasteiger partial charge on any atom is -0.459 e. The third-order valence-corrected chi connectivity index (χ3v) is 5.45. The van der Waals surface area contributed by atoms with Gasteiger partial charge in [-0.15, -0.1) is 0 Å². The van der Waals surface area contributed by atoms with E-state index in [4.69, 9.17) is 0 Å². The molecule has 0 radical (unpaired) electrons. The summed E-state index contributed by atoms with van der Waals surface area (Å²) >= 11 is 0. The number of carbonyl (C=O) groups is 1. The lowest BCUT2D eigenvalue weighted by molar-refractivity contribution is -0.190. The Kier molecular flexibility index (Phi) is 3.80. The van der Waals surface area contributed by atoms with Crippen LogP contribution >= 0.6 is 0 Å². The largest absolute Gasteiger partial charge is 0.459 e. The Labute approximate surface area is 115 Å². The highest BCUT2D eigenvalue weighted by molar-refractivity contribution is 5.77. The number of halogens is 4. The number of fused-ring (bicyclic) bond motifs is 2. The van der Waals surface area contributed by atoms with E-state index in [9.17, 15) is 22.4 Å². The quantitative estimate of drug-likeness (QED) is 0.583. The Balaban J connectivity index is 2.00. The van der Waals surface area contributed by atoms with E-state index in [1.165, 1.54) is 0 Å². The van der Waals surface area contributed by atoms with Crippen LogP contribution in [0, 0.1) is 29.1 Å². The molecule has 5 unspecified atom stereocenters. The van der Waals surface area contributed by atoms with Crippen molar-refractivity contribution in [3.05, 3.63) is 0 Å². The fourth-order valence-electron chi connectivity index (χ4n) is 3.98. The predicted octanol–water partition coefficient (Wildman–Crippen LogP) is 3.75. The van der Waals surface area contributed by atoms with Gasteiger partial charge in [-0.2, -0.15) is 8.78 Å². The minimum absolute atomic E-state index is 0.0928. The lowest BCUT2D eigenvalue weighted by Crippen LogP contribution is -2.43. The highest BCUT2D eigenvalue weighted by atomic mass is 19.3. The summed E-state index contributed by atoms with van der Waals surface area (Å²) in [6.45, 7) is 4.35. The van der Waals surface area contributed by atoms with Gasteiger partial charge >= 0.3 is 18.3 Å². The number of alkyl halides is 4. The summed E-state index contributed by atoms with van der Waals surface area (Å²) in [5, 5.41) is 0. The van der Waals surface area contributed by atoms with Crippen LogP contribution in [0.25, 0.3) is 0 Å². The smallest absolute Gasteiger partial charge is 0.340 e. The number of rotatable bonds is 4. The lowest BCUT2D eigenvalue weighted by atomic mass is 9.67. The van der Waals surface area contributed by atoms with E-state index in [0.717, 1.165) is 6.42 Å². The molecule has 0 saturated heterocycles. The summed E-state index contributed by atoms with van der Waals surface area (Å²) in [7, 11) is 0. The molecule has 0 aromatic rings. The van der Waals surface area contributed by atoms with Crippen molar-refractivity contribution < 1.29 is 27.1 Å². The molecule has 2 saturated carbocycles. The molecular formula is C14H20F4O2. The second-order valence-electron chi connectivity index (χ2n) is 6.58. The van der Waals surface area contributed by atoms with E-state index in [2.05, 4.69) is 11.7 Å². The van der Waals surface area contributed by atoms with Crippen LogP contribution in [0.2, 0.25) is 0 Å². The third kappa shape index (κ3) is 2.31. The highest BCUT2D eigenvalue weighted by Crippen LogP contribution is 2.61. The van der Waals surface area contributed by atoms with Gasteiger partial charge in [0.15, 0.2) is 6.61 Å². The van der Waals surface area contributed by atoms with Gasteiger partial charge in [0.25, 0.3) is 0 Å². The van der Waals surface area contributed by atoms with E-state index >= 15 is 0 Å². The third-order valence-electron chi connectivity index (χ3n) is 5.45. The van der Waals surface area contributed by atoms with E-state index in [1.807, 2.05) is 6.92 Å². The molecule has 0 aromatic heterocycles. The second kappa shape index (κ2) is 4.88. The van der Waals surface area contributed by atoms with Gasteiger partial charge in [-0.25, -0.2) is 8.78 Å². The Bertz CT molecular complexity index is 397. The van der Waals surface area contributed by atoms with Gasteiger partial charge in [-0.05, 0) is 43.4 Å². The molecule has 2 rings (SSSR count). The first-order valence-corrected chi connectivity index (χ1v) is 6.93. The van der Waals surface area contributed by atoms with Crippen LogP contribution in [0.1, 0.15) is 33.6 Å². The monoisotopic (exact) mass is 296 g/mol. The first-order valence-electron chi connectivity index (χ1n) is 6.93. The molecular weight excluding hydrogens is 276 g/mol. The minimum atomic E-state index is -4.28. The topological polar surface area (TPSA) is 26.3 Å². The molecule has 2 bridgehead atoms. The summed E-state index contributed by atoms with van der Waals surface area (Å²) in [5.41, 5.74) is -0.811. The van der Waals surface area contributed by atoms with E-state index in [1.54, 1.807) is 6.92 Å². The van der Waals surface area contributed by atoms with Crippen molar-refractivity contribution in [2.45, 2.75) is 46.0 Å². The molecule has 2 aliphatic carbocycles. The van der Waals surface area contributed by atoms with Crippen molar-refractivity contribution in [1.29, 1.82) is 0 Å². The van der Waals surface area contributed by atoms with Gasteiger partial charge < -0.3 is 4.74 Å². The van der Waals surface area contributed by atoms with Gasteiger partial charge in [0.2, 0.25) is 0 Å². The molecule has 0 aliphatic heterocycles. The van der Waals surface area contributed by atoms with E-state index < -0.39 is 30.3 Å². The summed E-state index contributed by atoms with van der Waals surface area (Å²) < 4.78 is 54.3. The van der Waals surface area contributed by atoms with Gasteiger partial charge in [-0.1, -0.05) is 13.8 Å². The van der Waals surface area contributed by atoms with Gasteiger partial charge in [0.1, 0.15) is 0 Å². The van der Waals surface area contributed by atoms with Crippen molar-refractivity contribution in [3.8, 4) is 0 Å². The Morgan fingerprint density at radius 1 is 1.35 bits per heavy atom. The molecule has 0 amide bonds. The van der Waals surface area contributed by atoms with Crippen molar-refractivity contribution in [1.82, 2.24) is 0 Å². The molecule has 0 spiro atoms. The normalized spacial score (nSPS) is 40.4. The molecule has 2 nitrogen and oxygen atoms in total. The molecule has 2 aliphatic rings. The van der Waals surface area contributed by atoms with Crippen LogP contribution in [-0.4, -0.2) is 24.9 Å². The zero-order chi connectivity index (χ0) is 15.3. The zero-order valence-corrected chi connectivity index (χ0v) is 11.8. The van der Waals surface area contributed by atoms with Crippen LogP contribution in [0.3, 0.4) is 0 Å². The van der Waals surface area contributed by atoms with Gasteiger partial charge in [0.05, 0.1) is 5.41 Å². The average Bonchev–Trinajstić information content (AvgIpc) is 2.84. The van der Waals surface area contributed by atoms with E-state index in [-0.39, 0.29) is 5.92 Å². The molecule has 0 N–H and O–H groups in total. The first kappa shape index (κ1) is 15.6. The molecule has 5 atom stereocenters. The molecule has 116 valence electrons. The zero-order valence-electron chi connectivity index (χ0n) is 11.8. The highest BCUT2D eigenvalue weighted by Gasteiger charge is 2.59. The van der Waals surface area contributed by atoms with Crippen LogP contribution in [0.15, 0.2) is 0 Å². The molecule has 0 aromatic carbocycles. The maximum absolute atomic E-state index is 12.8. The number of carbonyl (C=O) groups excluding carboxylic acids is 1. The lowest BCUT2D eigenvalue weighted by Gasteiger charge is -2.38. The maximum Gasteiger partial charge on any atom is 0.340 e. The number of hydrogen-bond acceptors (Lipinski definition) is 2. The van der Waals surface area contributed by atoms with Crippen LogP contribution in [0.5, 0.6) is 0 Å². The fraction of sp³-hybridized carbons (Fsp3) is 0.929. The number of esters is 1. The SMILES string of the molecule is CC1C2CC(C1C)C(C)(C(=O)OCC(F)(F)C(F)F)C2. The average molecular weight is 296 g/mol. The first-order chi connectivity index (χ1) is 9.09. The van der Waals surface area contributed by atoms with Crippen LogP contribution in [-0.2, 0) is 9.53 Å². The number of ether oxygens (including phenoxy) is 1. The van der Waals surface area contributed by atoms with Crippen LogP contribution in [0.4, 0.5) is 17.6 Å². The summed E-state index contributed by atoms with van der Waals surface area (Å²) in [5.74, 6) is -3.73. The number of hydrogen-bond donors (Lipinski definition) is 0. The Morgan fingerprint density at radius 3 is 2.40 bits per heavy atom. The standard InChI is InChI=1S/C14H20F4O2/c1-7-8(2)10-4-9(7)5-13(10,3)12(19)20-6-14(17,18)11(15)16/h7-11H,4-6H2,1-3H3. The van der Waals surface area contributed by atoms with Gasteiger partial charge in [0, 0.05) is 0 Å². The van der Waals surface area contributed by atoms with Crippen molar-refractivity contribution in [2.24, 2.45) is 29.1 Å². The fourth-order valence-corrected chi connectivity index (χ4v) is 3.98. The summed E-state index contributed by atoms with van der Waals surface area (Å²) in [4.78, 5) is 12.1. The van der Waals surface area contributed by atoms with E-state index in [0.29, 0.717) is 24.2 Å². The maximum atomic E-state index is 12.8. The van der Waals surface area contributed by atoms with Crippen molar-refractivity contribution in [2.75, 3.05) is 6.61 Å². The Morgan fingerprint density at radius 2 is 1.95 bits per heavy atom. The molecule has 6 heteroatoms. The summed E-state index contributed by atoms with van der Waals surface area (Å²) in [6, 6.07) is 0. The van der Waals surface area contributed by atoms with Crippen LogP contribution < -0.4 is 0 Å². The summed E-state index contributed by atoms with van der Waals surface area (Å²) in [6.07, 6.45) is -2.33. The molecule has 20 heavy (non-hydrogen) atoms.